The van der Waals surface area contributed by atoms with Crippen LogP contribution in [-0.4, -0.2) is 42.2 Å². The molecule has 0 radical (unpaired) electrons. The third-order valence-electron chi connectivity index (χ3n) is 6.93. The molecule has 2 fully saturated rings. The Labute approximate surface area is 202 Å². The van der Waals surface area contributed by atoms with Crippen molar-refractivity contribution in [1.82, 2.24) is 15.8 Å². The van der Waals surface area contributed by atoms with Crippen LogP contribution < -0.4 is 20.3 Å². The number of hydrogen-bond donors (Lipinski definition) is 3. The van der Waals surface area contributed by atoms with E-state index in [1.807, 2.05) is 41.3 Å². The summed E-state index contributed by atoms with van der Waals surface area (Å²) in [6.45, 7) is 5.61. The fraction of sp³-hybridized carbons (Fsp3) is 0.519. The highest BCUT2D eigenvalue weighted by molar-refractivity contribution is 5.86. The summed E-state index contributed by atoms with van der Waals surface area (Å²) in [4.78, 5) is 15.3. The van der Waals surface area contributed by atoms with E-state index >= 15 is 0 Å². The van der Waals surface area contributed by atoms with Gasteiger partial charge in [-0.1, -0.05) is 57.4 Å². The largest absolute Gasteiger partial charge is 0.508 e. The number of hydrazine groups is 1. The number of carbonyl (C=O) groups excluding carboxylic acids is 1. The van der Waals surface area contributed by atoms with Gasteiger partial charge in [-0.15, -0.1) is 0 Å². The second-order valence-electron chi connectivity index (χ2n) is 9.18. The number of phenolic OH excluding ortho intramolecular Hbond substituents is 1. The average molecular weight is 468 g/mol. The highest BCUT2D eigenvalue weighted by atomic mass is 16.5. The summed E-state index contributed by atoms with van der Waals surface area (Å²) in [5.74, 6) is 1.63. The molecule has 0 spiro atoms. The topological polar surface area (TPSA) is 83.1 Å². The molecule has 2 heterocycles. The smallest absolute Gasteiger partial charge is 0.242 e. The first-order valence-corrected chi connectivity index (χ1v) is 12.5. The van der Waals surface area contributed by atoms with Crippen LogP contribution in [0.3, 0.4) is 0 Å². The maximum Gasteiger partial charge on any atom is 0.242 e. The van der Waals surface area contributed by atoms with Gasteiger partial charge in [-0.05, 0) is 36.6 Å². The van der Waals surface area contributed by atoms with Gasteiger partial charge in [0, 0.05) is 18.0 Å². The molecule has 1 amide bonds. The van der Waals surface area contributed by atoms with Crippen LogP contribution in [-0.2, 0) is 4.79 Å². The minimum Gasteiger partial charge on any atom is -0.508 e. The zero-order valence-electron chi connectivity index (χ0n) is 20.4. The van der Waals surface area contributed by atoms with E-state index in [1.54, 1.807) is 13.2 Å². The molecule has 2 saturated heterocycles. The summed E-state index contributed by atoms with van der Waals surface area (Å²) in [5, 5.41) is 10.5. The monoisotopic (exact) mass is 467 g/mol. The van der Waals surface area contributed by atoms with Crippen LogP contribution in [0.25, 0.3) is 0 Å². The quantitative estimate of drug-likeness (QED) is 0.423. The number of unbranched alkanes of at least 4 members (excludes halogenated alkanes) is 3. The number of methoxy groups -OCH3 is 1. The highest BCUT2D eigenvalue weighted by Gasteiger charge is 2.55. The first-order valence-electron chi connectivity index (χ1n) is 12.5. The van der Waals surface area contributed by atoms with Crippen molar-refractivity contribution in [3.8, 4) is 17.2 Å². The van der Waals surface area contributed by atoms with Crippen molar-refractivity contribution in [1.29, 1.82) is 0 Å². The molecule has 7 heteroatoms. The van der Waals surface area contributed by atoms with Crippen LogP contribution >= 0.6 is 0 Å². The highest BCUT2D eigenvalue weighted by Crippen LogP contribution is 2.49. The zero-order chi connectivity index (χ0) is 24.1. The lowest BCUT2D eigenvalue weighted by atomic mass is 9.83. The first kappa shape index (κ1) is 24.4. The van der Waals surface area contributed by atoms with Crippen LogP contribution in [0.5, 0.6) is 17.2 Å². The van der Waals surface area contributed by atoms with Gasteiger partial charge in [-0.25, -0.2) is 10.9 Å². The summed E-state index contributed by atoms with van der Waals surface area (Å²) in [6, 6.07) is 12.6. The lowest BCUT2D eigenvalue weighted by Gasteiger charge is -2.31. The van der Waals surface area contributed by atoms with Crippen LogP contribution in [0, 0.1) is 5.92 Å². The van der Waals surface area contributed by atoms with Crippen molar-refractivity contribution in [2.24, 2.45) is 5.92 Å². The molecule has 0 aromatic heterocycles. The molecule has 2 aromatic rings. The Bertz CT molecular complexity index is 982. The number of ether oxygens (including phenoxy) is 2. The van der Waals surface area contributed by atoms with Crippen molar-refractivity contribution < 1.29 is 19.4 Å². The van der Waals surface area contributed by atoms with Crippen molar-refractivity contribution in [2.45, 2.75) is 64.1 Å². The van der Waals surface area contributed by atoms with Crippen LogP contribution in [0.2, 0.25) is 0 Å². The SMILES string of the molecule is CCCCCCOc1ccc(C2C3C(NNC3c3ccccc3O)C(=O)N2CCC)cc1OC. The van der Waals surface area contributed by atoms with E-state index in [9.17, 15) is 9.90 Å². The van der Waals surface area contributed by atoms with E-state index < -0.39 is 0 Å². The van der Waals surface area contributed by atoms with Gasteiger partial charge in [-0.3, -0.25) is 4.79 Å². The molecule has 7 nitrogen and oxygen atoms in total. The summed E-state index contributed by atoms with van der Waals surface area (Å²) in [6.07, 6.45) is 5.45. The Morgan fingerprint density at radius 2 is 1.76 bits per heavy atom. The van der Waals surface area contributed by atoms with Gasteiger partial charge in [0.25, 0.3) is 0 Å². The summed E-state index contributed by atoms with van der Waals surface area (Å²) < 4.78 is 11.7. The summed E-state index contributed by atoms with van der Waals surface area (Å²) in [5.41, 5.74) is 8.29. The zero-order valence-corrected chi connectivity index (χ0v) is 20.4. The minimum absolute atomic E-state index is 0.0810. The van der Waals surface area contributed by atoms with Gasteiger partial charge in [0.1, 0.15) is 11.8 Å². The molecular formula is C27H37N3O4. The average Bonchev–Trinajstić information content (AvgIpc) is 3.39. The number of likely N-dealkylation sites (tertiary alicyclic amines) is 1. The molecule has 4 atom stereocenters. The predicted molar refractivity (Wildman–Crippen MR) is 132 cm³/mol. The fourth-order valence-corrected chi connectivity index (χ4v) is 5.31. The maximum absolute atomic E-state index is 13.4. The summed E-state index contributed by atoms with van der Waals surface area (Å²) in [7, 11) is 1.65. The maximum atomic E-state index is 13.4. The van der Waals surface area contributed by atoms with Crippen LogP contribution in [0.1, 0.15) is 69.2 Å². The molecule has 184 valence electrons. The molecular weight excluding hydrogens is 430 g/mol. The number of aromatic hydroxyl groups is 1. The fourth-order valence-electron chi connectivity index (χ4n) is 5.31. The number of benzene rings is 2. The van der Waals surface area contributed by atoms with Crippen molar-refractivity contribution in [3.63, 3.8) is 0 Å². The Balaban J connectivity index is 1.64. The summed E-state index contributed by atoms with van der Waals surface area (Å²) >= 11 is 0. The van der Waals surface area contributed by atoms with Crippen molar-refractivity contribution in [2.75, 3.05) is 20.3 Å². The Hall–Kier alpha value is -2.77. The van der Waals surface area contributed by atoms with E-state index in [4.69, 9.17) is 9.47 Å². The standard InChI is InChI=1S/C27H37N3O4/c1-4-6-7-10-16-34-21-14-13-18(17-22(21)33-3)26-23-24(19-11-8-9-12-20(19)31)28-29-25(23)27(32)30(26)15-5-2/h8-9,11-14,17,23-26,28-29,31H,4-7,10,15-16H2,1-3H3. The molecule has 4 rings (SSSR count). The van der Waals surface area contributed by atoms with E-state index in [0.717, 1.165) is 36.1 Å². The molecule has 3 N–H and O–H groups in total. The number of fused-ring (bicyclic) bond motifs is 1. The van der Waals surface area contributed by atoms with Crippen molar-refractivity contribution >= 4 is 5.91 Å². The molecule has 2 aliphatic rings. The number of nitrogens with zero attached hydrogens (tertiary/aromatic N) is 1. The van der Waals surface area contributed by atoms with Crippen molar-refractivity contribution in [3.05, 3.63) is 53.6 Å². The Morgan fingerprint density at radius 1 is 0.971 bits per heavy atom. The number of carbonyl (C=O) groups is 1. The van der Waals surface area contributed by atoms with E-state index in [2.05, 4.69) is 24.7 Å². The van der Waals surface area contributed by atoms with Gasteiger partial charge in [-0.2, -0.15) is 0 Å². The lowest BCUT2D eigenvalue weighted by Crippen LogP contribution is -2.41. The van der Waals surface area contributed by atoms with Gasteiger partial charge in [0.2, 0.25) is 5.91 Å². The number of hydrogen-bond acceptors (Lipinski definition) is 6. The van der Waals surface area contributed by atoms with E-state index in [1.165, 1.54) is 12.8 Å². The Morgan fingerprint density at radius 3 is 2.50 bits per heavy atom. The Kier molecular flexibility index (Phi) is 7.95. The third-order valence-corrected chi connectivity index (χ3v) is 6.93. The first-order chi connectivity index (χ1) is 16.6. The second kappa shape index (κ2) is 11.1. The molecule has 0 saturated carbocycles. The predicted octanol–water partition coefficient (Wildman–Crippen LogP) is 4.49. The van der Waals surface area contributed by atoms with Gasteiger partial charge in [0.15, 0.2) is 11.5 Å². The van der Waals surface area contributed by atoms with E-state index in [-0.39, 0.29) is 35.7 Å². The van der Waals surface area contributed by atoms with Crippen LogP contribution in [0.4, 0.5) is 0 Å². The normalized spacial score (nSPS) is 23.9. The molecule has 2 aromatic carbocycles. The van der Waals surface area contributed by atoms with Gasteiger partial charge < -0.3 is 19.5 Å². The van der Waals surface area contributed by atoms with Gasteiger partial charge in [0.05, 0.1) is 25.8 Å². The van der Waals surface area contributed by atoms with E-state index in [0.29, 0.717) is 18.9 Å². The number of amides is 1. The lowest BCUT2D eigenvalue weighted by molar-refractivity contribution is -0.130. The number of rotatable bonds is 11. The molecule has 4 unspecified atom stereocenters. The molecule has 0 aliphatic carbocycles. The molecule has 34 heavy (non-hydrogen) atoms. The molecule has 0 bridgehead atoms. The number of para-hydroxylation sites is 1. The second-order valence-corrected chi connectivity index (χ2v) is 9.18. The minimum atomic E-state index is -0.360. The third kappa shape index (κ3) is 4.72. The van der Waals surface area contributed by atoms with Gasteiger partial charge >= 0.3 is 0 Å². The van der Waals surface area contributed by atoms with Crippen LogP contribution in [0.15, 0.2) is 42.5 Å². The number of nitrogens with one attached hydrogen (secondary N) is 2. The molecule has 2 aliphatic heterocycles. The number of phenols is 1.